The number of benzene rings is 1. The van der Waals surface area contributed by atoms with E-state index in [9.17, 15) is 24.8 Å². The summed E-state index contributed by atoms with van der Waals surface area (Å²) in [4.78, 5) is 34.7. The molecule has 0 atom stereocenters. The van der Waals surface area contributed by atoms with Gasteiger partial charge in [-0.05, 0) is 46.2 Å². The molecule has 0 fully saturated rings. The Morgan fingerprint density at radius 3 is 2.42 bits per heavy atom. The number of carbonyl (C=O) groups is 2. The molecule has 2 aromatic rings. The van der Waals surface area contributed by atoms with Crippen molar-refractivity contribution in [3.8, 4) is 0 Å². The van der Waals surface area contributed by atoms with Crippen molar-refractivity contribution < 1.29 is 19.6 Å². The molecule has 1 aromatic carbocycles. The van der Waals surface area contributed by atoms with E-state index in [4.69, 9.17) is 0 Å². The van der Waals surface area contributed by atoms with Crippen LogP contribution in [0.1, 0.15) is 40.9 Å². The molecule has 138 valence electrons. The molecule has 1 amide bonds. The van der Waals surface area contributed by atoms with Gasteiger partial charge < -0.3 is 10.4 Å². The van der Waals surface area contributed by atoms with E-state index in [-0.39, 0.29) is 16.8 Å². The van der Waals surface area contributed by atoms with Gasteiger partial charge in [0.1, 0.15) is 0 Å². The van der Waals surface area contributed by atoms with Gasteiger partial charge in [0.05, 0.1) is 22.4 Å². The number of anilines is 1. The minimum absolute atomic E-state index is 0.0940. The van der Waals surface area contributed by atoms with Crippen LogP contribution in [0.3, 0.4) is 0 Å². The minimum atomic E-state index is -1.28. The fraction of sp³-hybridized carbons (Fsp3) is 0.353. The van der Waals surface area contributed by atoms with E-state index in [0.717, 1.165) is 0 Å². The molecule has 9 nitrogen and oxygen atoms in total. The molecule has 0 saturated heterocycles. The minimum Gasteiger partial charge on any atom is -0.479 e. The Morgan fingerprint density at radius 2 is 1.88 bits per heavy atom. The van der Waals surface area contributed by atoms with Crippen molar-refractivity contribution in [3.05, 3.63) is 50.8 Å². The number of amides is 1. The second kappa shape index (κ2) is 6.58. The monoisotopic (exact) mass is 360 g/mol. The highest BCUT2D eigenvalue weighted by Gasteiger charge is 2.30. The summed E-state index contributed by atoms with van der Waals surface area (Å²) in [6, 6.07) is 1.59. The van der Waals surface area contributed by atoms with Crippen molar-refractivity contribution in [2.45, 2.75) is 40.2 Å². The summed E-state index contributed by atoms with van der Waals surface area (Å²) in [5, 5.41) is 27.1. The van der Waals surface area contributed by atoms with Crippen molar-refractivity contribution in [2.75, 3.05) is 5.32 Å². The molecule has 2 rings (SSSR count). The predicted octanol–water partition coefficient (Wildman–Crippen LogP) is 2.79. The maximum absolute atomic E-state index is 12.6. The molecule has 0 saturated carbocycles. The summed E-state index contributed by atoms with van der Waals surface area (Å²) in [7, 11) is 0. The molecule has 0 aliphatic heterocycles. The zero-order valence-corrected chi connectivity index (χ0v) is 15.2. The van der Waals surface area contributed by atoms with Crippen molar-refractivity contribution >= 4 is 23.3 Å². The number of hydrogen-bond donors (Lipinski definition) is 2. The van der Waals surface area contributed by atoms with Crippen molar-refractivity contribution in [1.82, 2.24) is 9.78 Å². The van der Waals surface area contributed by atoms with Crippen LogP contribution >= 0.6 is 0 Å². The Morgan fingerprint density at radius 1 is 1.27 bits per heavy atom. The average molecular weight is 360 g/mol. The smallest absolute Gasteiger partial charge is 0.331 e. The van der Waals surface area contributed by atoms with E-state index >= 15 is 0 Å². The first kappa shape index (κ1) is 19.1. The fourth-order valence-electron chi connectivity index (χ4n) is 2.79. The quantitative estimate of drug-likeness (QED) is 0.623. The molecule has 0 aliphatic carbocycles. The van der Waals surface area contributed by atoms with Gasteiger partial charge in [-0.1, -0.05) is 0 Å². The van der Waals surface area contributed by atoms with Crippen LogP contribution in [-0.2, 0) is 10.3 Å². The lowest BCUT2D eigenvalue weighted by Crippen LogP contribution is -2.35. The van der Waals surface area contributed by atoms with Crippen LogP contribution in [0, 0.1) is 30.9 Å². The van der Waals surface area contributed by atoms with Crippen LogP contribution in [0.2, 0.25) is 0 Å². The van der Waals surface area contributed by atoms with E-state index in [1.54, 1.807) is 19.9 Å². The lowest BCUT2D eigenvalue weighted by atomic mass is 9.97. The summed E-state index contributed by atoms with van der Waals surface area (Å²) in [5.41, 5.74) is 0.516. The van der Waals surface area contributed by atoms with Gasteiger partial charge in [0.15, 0.2) is 5.54 Å². The van der Waals surface area contributed by atoms with Gasteiger partial charge in [-0.15, -0.1) is 0 Å². The highest BCUT2D eigenvalue weighted by Crippen LogP contribution is 2.29. The molecular weight excluding hydrogens is 340 g/mol. The molecule has 1 aromatic heterocycles. The topological polar surface area (TPSA) is 127 Å². The highest BCUT2D eigenvalue weighted by atomic mass is 16.6. The first-order valence-electron chi connectivity index (χ1n) is 7.82. The zero-order valence-electron chi connectivity index (χ0n) is 15.2. The molecule has 1 heterocycles. The van der Waals surface area contributed by atoms with E-state index in [0.29, 0.717) is 16.8 Å². The molecule has 26 heavy (non-hydrogen) atoms. The Bertz CT molecular complexity index is 914. The molecule has 0 bridgehead atoms. The van der Waals surface area contributed by atoms with Gasteiger partial charge in [-0.2, -0.15) is 5.10 Å². The van der Waals surface area contributed by atoms with Crippen LogP contribution in [0.25, 0.3) is 0 Å². The lowest BCUT2D eigenvalue weighted by molar-refractivity contribution is -0.386. The highest BCUT2D eigenvalue weighted by molar-refractivity contribution is 6.07. The third-order valence-electron chi connectivity index (χ3n) is 4.28. The lowest BCUT2D eigenvalue weighted by Gasteiger charge is -2.19. The maximum atomic E-state index is 12.6. The molecule has 0 unspecified atom stereocenters. The number of nitrogens with one attached hydrogen (secondary N) is 1. The number of aliphatic carboxylic acids is 1. The number of nitrogens with zero attached hydrogens (tertiary/aromatic N) is 3. The SMILES string of the molecule is Cc1cc(C)c([N+](=O)[O-])c(C)c1C(=O)Nc1cnn(C(C)(C)C(=O)O)c1. The van der Waals surface area contributed by atoms with Crippen molar-refractivity contribution in [1.29, 1.82) is 0 Å². The number of hydrogen-bond acceptors (Lipinski definition) is 5. The Balaban J connectivity index is 2.38. The first-order chi connectivity index (χ1) is 12.0. The largest absolute Gasteiger partial charge is 0.479 e. The Labute approximate surface area is 149 Å². The maximum Gasteiger partial charge on any atom is 0.331 e. The summed E-state index contributed by atoms with van der Waals surface area (Å²) in [6.07, 6.45) is 2.73. The number of carboxylic acid groups (broad SMARTS) is 1. The number of rotatable bonds is 5. The fourth-order valence-corrected chi connectivity index (χ4v) is 2.79. The van der Waals surface area contributed by atoms with Crippen LogP contribution in [-0.4, -0.2) is 31.7 Å². The second-order valence-electron chi connectivity index (χ2n) is 6.61. The van der Waals surface area contributed by atoms with Crippen molar-refractivity contribution in [2.24, 2.45) is 0 Å². The summed E-state index contributed by atoms with van der Waals surface area (Å²) in [5.74, 6) is -1.59. The zero-order chi connectivity index (χ0) is 19.8. The third-order valence-corrected chi connectivity index (χ3v) is 4.28. The standard InChI is InChI=1S/C17H20N4O5/c1-9-6-10(2)14(21(25)26)11(3)13(9)15(22)19-12-7-18-20(8-12)17(4,5)16(23)24/h6-8H,1-5H3,(H,19,22)(H,23,24). The van der Waals surface area contributed by atoms with Crippen LogP contribution in [0.15, 0.2) is 18.5 Å². The van der Waals surface area contributed by atoms with Gasteiger partial charge in [0.25, 0.3) is 11.6 Å². The van der Waals surface area contributed by atoms with Gasteiger partial charge in [0, 0.05) is 17.3 Å². The Hall–Kier alpha value is -3.23. The first-order valence-corrected chi connectivity index (χ1v) is 7.82. The van der Waals surface area contributed by atoms with Gasteiger partial charge in [-0.3, -0.25) is 19.6 Å². The molecule has 0 spiro atoms. The summed E-state index contributed by atoms with van der Waals surface area (Å²) >= 11 is 0. The number of aromatic nitrogens is 2. The normalized spacial score (nSPS) is 11.3. The number of nitro benzene ring substituents is 1. The van der Waals surface area contributed by atoms with E-state index in [1.807, 2.05) is 0 Å². The summed E-state index contributed by atoms with van der Waals surface area (Å²) < 4.78 is 1.22. The molecule has 9 heteroatoms. The third kappa shape index (κ3) is 3.28. The number of aryl methyl sites for hydroxylation is 2. The average Bonchev–Trinajstić information content (AvgIpc) is 2.94. The van der Waals surface area contributed by atoms with E-state index in [2.05, 4.69) is 10.4 Å². The molecule has 0 aliphatic rings. The van der Waals surface area contributed by atoms with Gasteiger partial charge >= 0.3 is 5.97 Å². The van der Waals surface area contributed by atoms with Gasteiger partial charge in [-0.25, -0.2) is 4.79 Å². The summed E-state index contributed by atoms with van der Waals surface area (Å²) in [6.45, 7) is 7.81. The van der Waals surface area contributed by atoms with Gasteiger partial charge in [0.2, 0.25) is 0 Å². The molecular formula is C17H20N4O5. The second-order valence-corrected chi connectivity index (χ2v) is 6.61. The van der Waals surface area contributed by atoms with Crippen LogP contribution in [0.5, 0.6) is 0 Å². The van der Waals surface area contributed by atoms with Crippen molar-refractivity contribution in [3.63, 3.8) is 0 Å². The van der Waals surface area contributed by atoms with Crippen LogP contribution in [0.4, 0.5) is 11.4 Å². The van der Waals surface area contributed by atoms with E-state index in [1.165, 1.54) is 37.8 Å². The molecule has 0 radical (unpaired) electrons. The predicted molar refractivity (Wildman–Crippen MR) is 94.4 cm³/mol. The molecule has 2 N–H and O–H groups in total. The van der Waals surface area contributed by atoms with Crippen LogP contribution < -0.4 is 5.32 Å². The number of carbonyl (C=O) groups excluding carboxylic acids is 1. The number of nitro groups is 1. The Kier molecular flexibility index (Phi) is 4.84. The number of carboxylic acids is 1. The van der Waals surface area contributed by atoms with E-state index < -0.39 is 22.3 Å².